The largest absolute Gasteiger partial charge is 0.508 e. The Kier molecular flexibility index (Phi) is 5.48. The number of aryl methyl sites for hydroxylation is 1. The Morgan fingerprint density at radius 2 is 1.79 bits per heavy atom. The summed E-state index contributed by atoms with van der Waals surface area (Å²) in [7, 11) is 0. The predicted molar refractivity (Wildman–Crippen MR) is 122 cm³/mol. The number of nitrogens with zero attached hydrogens (tertiary/aromatic N) is 1. The summed E-state index contributed by atoms with van der Waals surface area (Å²) >= 11 is 0. The first-order chi connectivity index (χ1) is 14.1. The van der Waals surface area contributed by atoms with E-state index >= 15 is 0 Å². The second-order valence-corrected chi connectivity index (χ2v) is 7.39. The van der Waals surface area contributed by atoms with Crippen molar-refractivity contribution in [3.8, 4) is 16.9 Å². The number of phenols is 1. The molecular weight excluding hydrogens is 356 g/mol. The topological polar surface area (TPSA) is 48.4 Å². The zero-order valence-electron chi connectivity index (χ0n) is 16.9. The molecule has 146 valence electrons. The van der Waals surface area contributed by atoms with Crippen LogP contribution in [0, 0.1) is 0 Å². The molecule has 4 rings (SSSR count). The quantitative estimate of drug-likeness (QED) is 0.386. The second kappa shape index (κ2) is 8.36. The Labute approximate surface area is 171 Å². The molecule has 0 aliphatic heterocycles. The van der Waals surface area contributed by atoms with Crippen molar-refractivity contribution in [2.75, 3.05) is 6.54 Å². The average molecular weight is 383 g/mol. The molecule has 0 saturated carbocycles. The predicted octanol–water partition coefficient (Wildman–Crippen LogP) is 6.15. The van der Waals surface area contributed by atoms with Gasteiger partial charge in [0.2, 0.25) is 0 Å². The van der Waals surface area contributed by atoms with Crippen molar-refractivity contribution in [3.63, 3.8) is 0 Å². The first kappa shape index (κ1) is 19.0. The van der Waals surface area contributed by atoms with Crippen molar-refractivity contribution in [2.24, 2.45) is 4.99 Å². The van der Waals surface area contributed by atoms with Crippen LogP contribution in [-0.4, -0.2) is 22.3 Å². The van der Waals surface area contributed by atoms with Gasteiger partial charge in [-0.3, -0.25) is 4.99 Å². The molecule has 1 aromatic heterocycles. The van der Waals surface area contributed by atoms with Crippen LogP contribution in [-0.2, 0) is 12.8 Å². The molecule has 0 bridgehead atoms. The van der Waals surface area contributed by atoms with E-state index in [2.05, 4.69) is 67.5 Å². The molecule has 0 saturated heterocycles. The van der Waals surface area contributed by atoms with Crippen LogP contribution in [0.25, 0.3) is 22.0 Å². The number of hydrogen-bond acceptors (Lipinski definition) is 2. The van der Waals surface area contributed by atoms with E-state index in [9.17, 15) is 5.11 Å². The fraction of sp³-hybridized carbons (Fsp3) is 0.192. The molecule has 2 N–H and O–H groups in total. The molecule has 0 unspecified atom stereocenters. The number of aromatic hydroxyl groups is 1. The number of aliphatic imine (C=N–C) groups is 1. The lowest BCUT2D eigenvalue weighted by Gasteiger charge is -2.06. The van der Waals surface area contributed by atoms with Gasteiger partial charge in [-0.25, -0.2) is 0 Å². The molecule has 4 aromatic rings. The monoisotopic (exact) mass is 382 g/mol. The van der Waals surface area contributed by atoms with Gasteiger partial charge in [0.05, 0.1) is 0 Å². The van der Waals surface area contributed by atoms with E-state index in [0.717, 1.165) is 41.8 Å². The molecule has 0 radical (unpaired) electrons. The van der Waals surface area contributed by atoms with E-state index in [-0.39, 0.29) is 5.75 Å². The molecule has 0 spiro atoms. The van der Waals surface area contributed by atoms with Gasteiger partial charge >= 0.3 is 0 Å². The fourth-order valence-electron chi connectivity index (χ4n) is 3.67. The van der Waals surface area contributed by atoms with Gasteiger partial charge in [0, 0.05) is 29.4 Å². The molecule has 3 aromatic carbocycles. The Morgan fingerprint density at radius 1 is 0.966 bits per heavy atom. The number of aromatic nitrogens is 1. The third-order valence-electron chi connectivity index (χ3n) is 5.45. The van der Waals surface area contributed by atoms with E-state index in [0.29, 0.717) is 0 Å². The van der Waals surface area contributed by atoms with E-state index in [1.165, 1.54) is 22.0 Å². The van der Waals surface area contributed by atoms with E-state index in [4.69, 9.17) is 4.99 Å². The van der Waals surface area contributed by atoms with Crippen LogP contribution in [0.3, 0.4) is 0 Å². The molecule has 0 aliphatic rings. The van der Waals surface area contributed by atoms with Gasteiger partial charge in [0.15, 0.2) is 0 Å². The molecule has 0 amide bonds. The number of aromatic amines is 1. The third-order valence-corrected chi connectivity index (χ3v) is 5.45. The summed E-state index contributed by atoms with van der Waals surface area (Å²) < 4.78 is 0. The summed E-state index contributed by atoms with van der Waals surface area (Å²) in [5.74, 6) is 0.283. The Morgan fingerprint density at radius 3 is 2.59 bits per heavy atom. The number of rotatable bonds is 6. The van der Waals surface area contributed by atoms with Crippen molar-refractivity contribution in [3.05, 3.63) is 89.6 Å². The van der Waals surface area contributed by atoms with Crippen molar-refractivity contribution in [1.82, 2.24) is 4.98 Å². The summed E-state index contributed by atoms with van der Waals surface area (Å²) in [5, 5.41) is 10.8. The molecule has 3 heteroatoms. The highest BCUT2D eigenvalue weighted by Crippen LogP contribution is 2.23. The standard InChI is InChI=1S/C26H26N2O/c1-3-19-7-12-26-25(15-19)23(17-28-26)13-14-27-18(2)21-5-4-6-22(16-21)20-8-10-24(29)11-9-20/h4-12,15-17,28-29H,3,13-14H2,1-2H3. The summed E-state index contributed by atoms with van der Waals surface area (Å²) in [5.41, 5.74) is 8.26. The van der Waals surface area contributed by atoms with Gasteiger partial charge in [0.1, 0.15) is 5.75 Å². The van der Waals surface area contributed by atoms with Crippen molar-refractivity contribution in [2.45, 2.75) is 26.7 Å². The summed E-state index contributed by atoms with van der Waals surface area (Å²) in [4.78, 5) is 8.20. The first-order valence-corrected chi connectivity index (χ1v) is 10.1. The Bertz CT molecular complexity index is 1150. The van der Waals surface area contributed by atoms with Crippen LogP contribution in [0.5, 0.6) is 5.75 Å². The first-order valence-electron chi connectivity index (χ1n) is 10.1. The second-order valence-electron chi connectivity index (χ2n) is 7.39. The third kappa shape index (κ3) is 4.24. The van der Waals surface area contributed by atoms with Gasteiger partial charge in [-0.15, -0.1) is 0 Å². The molecule has 0 fully saturated rings. The smallest absolute Gasteiger partial charge is 0.115 e. The number of fused-ring (bicyclic) bond motifs is 1. The maximum absolute atomic E-state index is 9.50. The number of nitrogens with one attached hydrogen (secondary N) is 1. The number of benzene rings is 3. The lowest BCUT2D eigenvalue weighted by atomic mass is 10.0. The molecule has 3 nitrogen and oxygen atoms in total. The van der Waals surface area contributed by atoms with Crippen molar-refractivity contribution in [1.29, 1.82) is 0 Å². The number of phenolic OH excluding ortho intramolecular Hbond substituents is 1. The minimum absolute atomic E-state index is 0.283. The highest BCUT2D eigenvalue weighted by Gasteiger charge is 2.05. The SMILES string of the molecule is CCc1ccc2[nH]cc(CCN=C(C)c3cccc(-c4ccc(O)cc4)c3)c2c1. The van der Waals surface area contributed by atoms with Crippen molar-refractivity contribution >= 4 is 16.6 Å². The molecule has 0 atom stereocenters. The maximum Gasteiger partial charge on any atom is 0.115 e. The minimum Gasteiger partial charge on any atom is -0.508 e. The van der Waals surface area contributed by atoms with Crippen LogP contribution >= 0.6 is 0 Å². The summed E-state index contributed by atoms with van der Waals surface area (Å²) in [6.45, 7) is 5.02. The van der Waals surface area contributed by atoms with Gasteiger partial charge in [-0.05, 0) is 77.9 Å². The fourth-order valence-corrected chi connectivity index (χ4v) is 3.67. The number of H-pyrrole nitrogens is 1. The minimum atomic E-state index is 0.283. The summed E-state index contributed by atoms with van der Waals surface area (Å²) in [6.07, 6.45) is 4.08. The van der Waals surface area contributed by atoms with Crippen molar-refractivity contribution < 1.29 is 5.11 Å². The van der Waals surface area contributed by atoms with Crippen LogP contribution < -0.4 is 0 Å². The Balaban J connectivity index is 1.49. The lowest BCUT2D eigenvalue weighted by molar-refractivity contribution is 0.475. The Hall–Kier alpha value is -3.33. The normalized spacial score (nSPS) is 11.9. The highest BCUT2D eigenvalue weighted by molar-refractivity contribution is 5.99. The van der Waals surface area contributed by atoms with Gasteiger partial charge in [-0.2, -0.15) is 0 Å². The average Bonchev–Trinajstić information content (AvgIpc) is 3.16. The zero-order valence-corrected chi connectivity index (χ0v) is 16.9. The molecule has 1 heterocycles. The van der Waals surface area contributed by atoms with Gasteiger partial charge in [0.25, 0.3) is 0 Å². The molecule has 29 heavy (non-hydrogen) atoms. The summed E-state index contributed by atoms with van der Waals surface area (Å²) in [6, 6.07) is 22.3. The van der Waals surface area contributed by atoms with E-state index < -0.39 is 0 Å². The van der Waals surface area contributed by atoms with E-state index in [1.807, 2.05) is 12.1 Å². The molecular formula is C26H26N2O. The van der Waals surface area contributed by atoms with Gasteiger partial charge in [-0.1, -0.05) is 43.3 Å². The maximum atomic E-state index is 9.50. The highest BCUT2D eigenvalue weighted by atomic mass is 16.3. The van der Waals surface area contributed by atoms with Crippen LogP contribution in [0.1, 0.15) is 30.5 Å². The van der Waals surface area contributed by atoms with Crippen LogP contribution in [0.4, 0.5) is 0 Å². The molecule has 0 aliphatic carbocycles. The van der Waals surface area contributed by atoms with Gasteiger partial charge < -0.3 is 10.1 Å². The zero-order chi connectivity index (χ0) is 20.2. The lowest BCUT2D eigenvalue weighted by Crippen LogP contribution is -1.98. The number of hydrogen-bond donors (Lipinski definition) is 2. The van der Waals surface area contributed by atoms with Crippen LogP contribution in [0.15, 0.2) is 77.9 Å². The van der Waals surface area contributed by atoms with E-state index in [1.54, 1.807) is 12.1 Å². The van der Waals surface area contributed by atoms with Crippen LogP contribution in [0.2, 0.25) is 0 Å².